The van der Waals surface area contributed by atoms with Crippen molar-refractivity contribution in [2.45, 2.75) is 26.3 Å². The number of hydrogen-bond acceptors (Lipinski definition) is 3. The van der Waals surface area contributed by atoms with E-state index in [0.29, 0.717) is 17.0 Å². The molecule has 0 spiro atoms. The zero-order valence-electron chi connectivity index (χ0n) is 10.7. The number of hydrogen-bond donors (Lipinski definition) is 3. The Labute approximate surface area is 112 Å². The third-order valence-electron chi connectivity index (χ3n) is 2.53. The van der Waals surface area contributed by atoms with Crippen molar-refractivity contribution in [2.75, 3.05) is 18.5 Å². The van der Waals surface area contributed by atoms with E-state index in [1.807, 2.05) is 13.8 Å². The summed E-state index contributed by atoms with van der Waals surface area (Å²) in [5.41, 5.74) is 1.28. The summed E-state index contributed by atoms with van der Waals surface area (Å²) in [6.07, 6.45) is 0.531. The van der Waals surface area contributed by atoms with E-state index in [0.717, 1.165) is 12.2 Å². The number of benzene rings is 1. The van der Waals surface area contributed by atoms with Gasteiger partial charge >= 0.3 is 0 Å². The fourth-order valence-electron chi connectivity index (χ4n) is 1.62. The molecule has 1 atom stereocenters. The van der Waals surface area contributed by atoms with E-state index >= 15 is 0 Å². The summed E-state index contributed by atoms with van der Waals surface area (Å²) < 4.78 is 0. The minimum Gasteiger partial charge on any atom is -0.396 e. The van der Waals surface area contributed by atoms with Gasteiger partial charge in [-0.2, -0.15) is 0 Å². The van der Waals surface area contributed by atoms with Crippen molar-refractivity contribution < 1.29 is 9.90 Å². The predicted octanol–water partition coefficient (Wildman–Crippen LogP) is 2.27. The maximum atomic E-state index is 12.1. The molecule has 0 aliphatic carbocycles. The van der Waals surface area contributed by atoms with Crippen molar-refractivity contribution in [1.29, 1.82) is 0 Å². The van der Waals surface area contributed by atoms with E-state index in [9.17, 15) is 4.79 Å². The summed E-state index contributed by atoms with van der Waals surface area (Å²) in [4.78, 5) is 12.1. The molecule has 0 fully saturated rings. The molecule has 1 aromatic rings. The lowest BCUT2D eigenvalue weighted by Crippen LogP contribution is -2.33. The minimum atomic E-state index is -0.186. The summed E-state index contributed by atoms with van der Waals surface area (Å²) in [7, 11) is 0. The highest BCUT2D eigenvalue weighted by Gasteiger charge is 2.14. The van der Waals surface area contributed by atoms with Crippen molar-refractivity contribution in [3.05, 3.63) is 28.8 Å². The van der Waals surface area contributed by atoms with Crippen molar-refractivity contribution in [3.63, 3.8) is 0 Å². The van der Waals surface area contributed by atoms with Crippen LogP contribution in [0.1, 0.15) is 30.6 Å². The molecular weight excluding hydrogens is 252 g/mol. The second-order valence-corrected chi connectivity index (χ2v) is 4.54. The lowest BCUT2D eigenvalue weighted by atomic mass is 10.1. The molecule has 1 amide bonds. The summed E-state index contributed by atoms with van der Waals surface area (Å²) in [6.45, 7) is 4.60. The van der Waals surface area contributed by atoms with Gasteiger partial charge in [0.2, 0.25) is 0 Å². The number of carbonyl (C=O) groups is 1. The number of aliphatic hydroxyl groups excluding tert-OH is 1. The maximum Gasteiger partial charge on any atom is 0.253 e. The van der Waals surface area contributed by atoms with Gasteiger partial charge in [0, 0.05) is 29.9 Å². The van der Waals surface area contributed by atoms with Crippen LogP contribution in [0, 0.1) is 0 Å². The van der Waals surface area contributed by atoms with Gasteiger partial charge in [-0.15, -0.1) is 0 Å². The Morgan fingerprint density at radius 1 is 1.50 bits per heavy atom. The lowest BCUT2D eigenvalue weighted by molar-refractivity contribution is 0.0935. The molecule has 0 bridgehead atoms. The van der Waals surface area contributed by atoms with E-state index in [-0.39, 0.29) is 18.6 Å². The van der Waals surface area contributed by atoms with Crippen LogP contribution in [-0.2, 0) is 0 Å². The fraction of sp³-hybridized carbons (Fsp3) is 0.462. The Kier molecular flexibility index (Phi) is 5.95. The standard InChI is InChI=1S/C13H19ClN2O2/c1-3-15-12-5-4-10(14)8-11(12)13(18)16-9(2)6-7-17/h4-5,8-9,15,17H,3,6-7H2,1-2H3,(H,16,18). The number of nitrogens with one attached hydrogen (secondary N) is 2. The topological polar surface area (TPSA) is 61.4 Å². The van der Waals surface area contributed by atoms with Crippen LogP contribution in [0.25, 0.3) is 0 Å². The molecule has 0 heterocycles. The average molecular weight is 271 g/mol. The van der Waals surface area contributed by atoms with Crippen molar-refractivity contribution >= 4 is 23.2 Å². The van der Waals surface area contributed by atoms with E-state index in [1.54, 1.807) is 18.2 Å². The van der Waals surface area contributed by atoms with Crippen molar-refractivity contribution in [2.24, 2.45) is 0 Å². The smallest absolute Gasteiger partial charge is 0.253 e. The lowest BCUT2D eigenvalue weighted by Gasteiger charge is -2.15. The van der Waals surface area contributed by atoms with Gasteiger partial charge in [0.15, 0.2) is 0 Å². The largest absolute Gasteiger partial charge is 0.396 e. The highest BCUT2D eigenvalue weighted by atomic mass is 35.5. The first-order valence-corrected chi connectivity index (χ1v) is 6.41. The maximum absolute atomic E-state index is 12.1. The number of rotatable bonds is 6. The second-order valence-electron chi connectivity index (χ2n) is 4.11. The first kappa shape index (κ1) is 14.8. The number of anilines is 1. The first-order valence-electron chi connectivity index (χ1n) is 6.03. The molecule has 1 aromatic carbocycles. The normalized spacial score (nSPS) is 12.0. The Morgan fingerprint density at radius 3 is 2.83 bits per heavy atom. The predicted molar refractivity (Wildman–Crippen MR) is 74.2 cm³/mol. The van der Waals surface area contributed by atoms with Crippen LogP contribution in [0.15, 0.2) is 18.2 Å². The molecule has 18 heavy (non-hydrogen) atoms. The summed E-state index contributed by atoms with van der Waals surface area (Å²) in [6, 6.07) is 5.10. The third kappa shape index (κ3) is 4.20. The van der Waals surface area contributed by atoms with Gasteiger partial charge in [-0.05, 0) is 38.5 Å². The molecule has 0 saturated carbocycles. The van der Waals surface area contributed by atoms with Crippen LogP contribution >= 0.6 is 11.6 Å². The molecule has 0 aliphatic rings. The molecule has 3 N–H and O–H groups in total. The van der Waals surface area contributed by atoms with Crippen LogP contribution in [0.3, 0.4) is 0 Å². The van der Waals surface area contributed by atoms with Gasteiger partial charge in [0.05, 0.1) is 5.56 Å². The third-order valence-corrected chi connectivity index (χ3v) is 2.77. The van der Waals surface area contributed by atoms with Crippen LogP contribution in [0.2, 0.25) is 5.02 Å². The number of aliphatic hydroxyl groups is 1. The fourth-order valence-corrected chi connectivity index (χ4v) is 1.79. The summed E-state index contributed by atoms with van der Waals surface area (Å²) >= 11 is 5.91. The van der Waals surface area contributed by atoms with E-state index in [1.165, 1.54) is 0 Å². The average Bonchev–Trinajstić information content (AvgIpc) is 2.32. The molecule has 0 saturated heterocycles. The number of amides is 1. The van der Waals surface area contributed by atoms with Gasteiger partial charge < -0.3 is 15.7 Å². The Bertz CT molecular complexity index is 410. The van der Waals surface area contributed by atoms with E-state index in [4.69, 9.17) is 16.7 Å². The minimum absolute atomic E-state index is 0.0526. The van der Waals surface area contributed by atoms with Crippen molar-refractivity contribution in [3.8, 4) is 0 Å². The molecule has 1 unspecified atom stereocenters. The first-order chi connectivity index (χ1) is 8.58. The summed E-state index contributed by atoms with van der Waals surface area (Å²) in [5, 5.41) is 15.3. The Hall–Kier alpha value is -1.26. The summed E-state index contributed by atoms with van der Waals surface area (Å²) in [5.74, 6) is -0.186. The van der Waals surface area contributed by atoms with E-state index < -0.39 is 0 Å². The zero-order valence-corrected chi connectivity index (χ0v) is 11.4. The number of halogens is 1. The van der Waals surface area contributed by atoms with Gasteiger partial charge in [-0.3, -0.25) is 4.79 Å². The molecule has 0 aliphatic heterocycles. The van der Waals surface area contributed by atoms with Gasteiger partial charge in [-0.25, -0.2) is 0 Å². The molecule has 100 valence electrons. The molecule has 1 rings (SSSR count). The highest BCUT2D eigenvalue weighted by Crippen LogP contribution is 2.20. The van der Waals surface area contributed by atoms with Crippen LogP contribution in [0.4, 0.5) is 5.69 Å². The quantitative estimate of drug-likeness (QED) is 0.743. The van der Waals surface area contributed by atoms with Gasteiger partial charge in [0.1, 0.15) is 0 Å². The van der Waals surface area contributed by atoms with Gasteiger partial charge in [0.25, 0.3) is 5.91 Å². The molecule has 0 aromatic heterocycles. The molecule has 5 heteroatoms. The van der Waals surface area contributed by atoms with Crippen LogP contribution in [0.5, 0.6) is 0 Å². The van der Waals surface area contributed by atoms with Crippen LogP contribution in [-0.4, -0.2) is 30.2 Å². The highest BCUT2D eigenvalue weighted by molar-refractivity contribution is 6.31. The molecule has 4 nitrogen and oxygen atoms in total. The SMILES string of the molecule is CCNc1ccc(Cl)cc1C(=O)NC(C)CCO. The van der Waals surface area contributed by atoms with Gasteiger partial charge in [-0.1, -0.05) is 11.6 Å². The molecular formula is C13H19ClN2O2. The van der Waals surface area contributed by atoms with Crippen molar-refractivity contribution in [1.82, 2.24) is 5.32 Å². The monoisotopic (exact) mass is 270 g/mol. The molecule has 0 radical (unpaired) electrons. The second kappa shape index (κ2) is 7.24. The Balaban J connectivity index is 2.85. The number of carbonyl (C=O) groups excluding carboxylic acids is 1. The van der Waals surface area contributed by atoms with Crippen LogP contribution < -0.4 is 10.6 Å². The Morgan fingerprint density at radius 2 is 2.22 bits per heavy atom. The van der Waals surface area contributed by atoms with E-state index in [2.05, 4.69) is 10.6 Å². The zero-order chi connectivity index (χ0) is 13.5.